The maximum Gasteiger partial charge on any atom is 0.305 e. The number of carboxylic acid groups (broad SMARTS) is 1. The molecule has 1 atom stereocenters. The van der Waals surface area contributed by atoms with E-state index < -0.39 is 23.7 Å². The Bertz CT molecular complexity index is 459. The van der Waals surface area contributed by atoms with Crippen molar-refractivity contribution in [1.82, 2.24) is 5.32 Å². The van der Waals surface area contributed by atoms with Crippen LogP contribution in [0.2, 0.25) is 5.02 Å². The fourth-order valence-corrected chi connectivity index (χ4v) is 2.01. The summed E-state index contributed by atoms with van der Waals surface area (Å²) in [5.41, 5.74) is -0.254. The minimum absolute atomic E-state index is 0.00285. The average Bonchev–Trinajstić information content (AvgIpc) is 2.27. The van der Waals surface area contributed by atoms with Gasteiger partial charge in [0.05, 0.1) is 17.0 Å². The summed E-state index contributed by atoms with van der Waals surface area (Å²) >= 11 is 5.77. The molecule has 0 saturated heterocycles. The molecule has 4 nitrogen and oxygen atoms in total. The second-order valence-corrected chi connectivity index (χ2v) is 4.56. The second kappa shape index (κ2) is 7.09. The number of hydrogen-bond acceptors (Lipinski definition) is 2. The lowest BCUT2D eigenvalue weighted by molar-refractivity contribution is -0.137. The molecule has 0 aromatic heterocycles. The summed E-state index contributed by atoms with van der Waals surface area (Å²) in [6, 6.07) is 3.40. The highest BCUT2D eigenvalue weighted by atomic mass is 35.5. The molecule has 2 N–H and O–H groups in total. The van der Waals surface area contributed by atoms with Crippen molar-refractivity contribution < 1.29 is 19.1 Å². The molecule has 0 fully saturated rings. The quantitative estimate of drug-likeness (QED) is 0.845. The van der Waals surface area contributed by atoms with Gasteiger partial charge in [-0.25, -0.2) is 4.39 Å². The van der Waals surface area contributed by atoms with Crippen LogP contribution < -0.4 is 5.32 Å². The molecule has 19 heavy (non-hydrogen) atoms. The predicted octanol–water partition coefficient (Wildman–Crippen LogP) is 2.85. The van der Waals surface area contributed by atoms with Gasteiger partial charge in [0.1, 0.15) is 5.82 Å². The highest BCUT2D eigenvalue weighted by molar-refractivity contribution is 6.33. The molecule has 1 aromatic carbocycles. The minimum Gasteiger partial charge on any atom is -0.481 e. The lowest BCUT2D eigenvalue weighted by Crippen LogP contribution is -2.37. The van der Waals surface area contributed by atoms with Crippen molar-refractivity contribution in [3.8, 4) is 0 Å². The van der Waals surface area contributed by atoms with E-state index in [1.807, 2.05) is 6.92 Å². The monoisotopic (exact) mass is 287 g/mol. The van der Waals surface area contributed by atoms with Crippen LogP contribution in [-0.2, 0) is 4.79 Å². The maximum atomic E-state index is 13.5. The number of halogens is 2. The Hall–Kier alpha value is -1.62. The lowest BCUT2D eigenvalue weighted by atomic mass is 10.1. The van der Waals surface area contributed by atoms with Gasteiger partial charge in [0, 0.05) is 6.04 Å². The summed E-state index contributed by atoms with van der Waals surface area (Å²) in [6.07, 6.45) is 1.01. The summed E-state index contributed by atoms with van der Waals surface area (Å²) in [7, 11) is 0. The zero-order chi connectivity index (χ0) is 14.4. The number of benzene rings is 1. The van der Waals surface area contributed by atoms with Gasteiger partial charge in [0.15, 0.2) is 0 Å². The third-order valence-electron chi connectivity index (χ3n) is 2.58. The van der Waals surface area contributed by atoms with Crippen molar-refractivity contribution in [2.45, 2.75) is 32.2 Å². The first kappa shape index (κ1) is 15.4. The first-order valence-corrected chi connectivity index (χ1v) is 6.30. The van der Waals surface area contributed by atoms with Crippen molar-refractivity contribution in [2.24, 2.45) is 0 Å². The van der Waals surface area contributed by atoms with Crippen molar-refractivity contribution in [1.29, 1.82) is 0 Å². The van der Waals surface area contributed by atoms with E-state index in [0.29, 0.717) is 12.8 Å². The van der Waals surface area contributed by atoms with E-state index in [0.717, 1.165) is 6.07 Å². The second-order valence-electron chi connectivity index (χ2n) is 4.15. The first-order chi connectivity index (χ1) is 8.95. The molecule has 0 saturated carbocycles. The van der Waals surface area contributed by atoms with Crippen LogP contribution in [0, 0.1) is 5.82 Å². The Kier molecular flexibility index (Phi) is 5.76. The van der Waals surface area contributed by atoms with Crippen LogP contribution in [0.5, 0.6) is 0 Å². The van der Waals surface area contributed by atoms with E-state index in [2.05, 4.69) is 5.32 Å². The Labute approximate surface area is 115 Å². The van der Waals surface area contributed by atoms with E-state index >= 15 is 0 Å². The molecule has 0 aliphatic rings. The molecule has 1 amide bonds. The van der Waals surface area contributed by atoms with Gasteiger partial charge in [-0.1, -0.05) is 31.0 Å². The summed E-state index contributed by atoms with van der Waals surface area (Å²) in [4.78, 5) is 22.6. The predicted molar refractivity (Wildman–Crippen MR) is 69.8 cm³/mol. The van der Waals surface area contributed by atoms with Gasteiger partial charge in [0.25, 0.3) is 5.91 Å². The van der Waals surface area contributed by atoms with Gasteiger partial charge in [-0.15, -0.1) is 0 Å². The van der Waals surface area contributed by atoms with Crippen LogP contribution in [-0.4, -0.2) is 23.0 Å². The number of aliphatic carboxylic acids is 1. The highest BCUT2D eigenvalue weighted by Gasteiger charge is 2.20. The van der Waals surface area contributed by atoms with E-state index in [9.17, 15) is 14.0 Å². The topological polar surface area (TPSA) is 66.4 Å². The maximum absolute atomic E-state index is 13.5. The fraction of sp³-hybridized carbons (Fsp3) is 0.385. The fourth-order valence-electron chi connectivity index (χ4n) is 1.76. The lowest BCUT2D eigenvalue weighted by Gasteiger charge is -2.16. The van der Waals surface area contributed by atoms with Crippen LogP contribution >= 0.6 is 11.6 Å². The molecule has 1 rings (SSSR count). The van der Waals surface area contributed by atoms with Crippen molar-refractivity contribution >= 4 is 23.5 Å². The van der Waals surface area contributed by atoms with Gasteiger partial charge >= 0.3 is 5.97 Å². The normalized spacial score (nSPS) is 11.9. The van der Waals surface area contributed by atoms with E-state index in [1.54, 1.807) is 0 Å². The molecule has 1 aromatic rings. The van der Waals surface area contributed by atoms with E-state index in [4.69, 9.17) is 16.7 Å². The number of hydrogen-bond donors (Lipinski definition) is 2. The molecule has 1 unspecified atom stereocenters. The summed E-state index contributed by atoms with van der Waals surface area (Å²) < 4.78 is 13.5. The summed E-state index contributed by atoms with van der Waals surface area (Å²) in [5.74, 6) is -2.43. The van der Waals surface area contributed by atoms with Crippen LogP contribution in [0.3, 0.4) is 0 Å². The van der Waals surface area contributed by atoms with Crippen molar-refractivity contribution in [3.05, 3.63) is 34.6 Å². The largest absolute Gasteiger partial charge is 0.481 e. The first-order valence-electron chi connectivity index (χ1n) is 5.92. The Morgan fingerprint density at radius 2 is 2.16 bits per heavy atom. The van der Waals surface area contributed by atoms with Gasteiger partial charge in [-0.2, -0.15) is 0 Å². The third-order valence-corrected chi connectivity index (χ3v) is 2.90. The smallest absolute Gasteiger partial charge is 0.305 e. The van der Waals surface area contributed by atoms with Crippen LogP contribution in [0.1, 0.15) is 36.5 Å². The summed E-state index contributed by atoms with van der Waals surface area (Å²) in [5, 5.41) is 11.3. The van der Waals surface area contributed by atoms with Gasteiger partial charge in [-0.3, -0.25) is 9.59 Å². The van der Waals surface area contributed by atoms with E-state index in [-0.39, 0.29) is 17.0 Å². The van der Waals surface area contributed by atoms with Crippen LogP contribution in [0.25, 0.3) is 0 Å². The van der Waals surface area contributed by atoms with Gasteiger partial charge in [0.2, 0.25) is 0 Å². The SMILES string of the molecule is CCCC(CC(=O)O)NC(=O)c1c(F)cccc1Cl. The number of carbonyl (C=O) groups excluding carboxylic acids is 1. The van der Waals surface area contributed by atoms with Gasteiger partial charge < -0.3 is 10.4 Å². The minimum atomic E-state index is -1.02. The summed E-state index contributed by atoms with van der Waals surface area (Å²) in [6.45, 7) is 1.87. The molecule has 0 radical (unpaired) electrons. The molecule has 0 aliphatic carbocycles. The third kappa shape index (κ3) is 4.52. The Morgan fingerprint density at radius 1 is 1.47 bits per heavy atom. The number of rotatable bonds is 6. The molecule has 6 heteroatoms. The number of carboxylic acids is 1. The highest BCUT2D eigenvalue weighted by Crippen LogP contribution is 2.19. The zero-order valence-electron chi connectivity index (χ0n) is 10.5. The van der Waals surface area contributed by atoms with Crippen molar-refractivity contribution in [2.75, 3.05) is 0 Å². The van der Waals surface area contributed by atoms with E-state index in [1.165, 1.54) is 12.1 Å². The zero-order valence-corrected chi connectivity index (χ0v) is 11.2. The molecular weight excluding hydrogens is 273 g/mol. The Morgan fingerprint density at radius 3 is 2.68 bits per heavy atom. The average molecular weight is 288 g/mol. The molecule has 0 aliphatic heterocycles. The van der Waals surface area contributed by atoms with Crippen molar-refractivity contribution in [3.63, 3.8) is 0 Å². The molecule has 0 heterocycles. The Balaban J connectivity index is 2.84. The van der Waals surface area contributed by atoms with Crippen LogP contribution in [0.15, 0.2) is 18.2 Å². The molecular formula is C13H15ClFNO3. The van der Waals surface area contributed by atoms with Crippen LogP contribution in [0.4, 0.5) is 4.39 Å². The number of amides is 1. The molecule has 104 valence electrons. The van der Waals surface area contributed by atoms with Gasteiger partial charge in [-0.05, 0) is 18.6 Å². The standard InChI is InChI=1S/C13H15ClFNO3/c1-2-4-8(7-11(17)18)16-13(19)12-9(14)5-3-6-10(12)15/h3,5-6,8H,2,4,7H2,1H3,(H,16,19)(H,17,18). The number of carbonyl (C=O) groups is 2. The number of nitrogens with one attached hydrogen (secondary N) is 1. The molecule has 0 bridgehead atoms. The molecule has 0 spiro atoms.